The summed E-state index contributed by atoms with van der Waals surface area (Å²) in [7, 11) is 0. The van der Waals surface area contributed by atoms with E-state index < -0.39 is 6.04 Å². The van der Waals surface area contributed by atoms with E-state index in [9.17, 15) is 9.18 Å². The molecule has 156 valence electrons. The third-order valence-corrected chi connectivity index (χ3v) is 5.90. The number of amides is 1. The molecule has 31 heavy (non-hydrogen) atoms. The molecule has 6 heteroatoms. The maximum Gasteiger partial charge on any atom is 0.226 e. The lowest BCUT2D eigenvalue weighted by atomic mass is 9.97. The molecule has 4 nitrogen and oxygen atoms in total. The van der Waals surface area contributed by atoms with Crippen molar-refractivity contribution in [1.82, 2.24) is 15.3 Å². The van der Waals surface area contributed by atoms with Gasteiger partial charge >= 0.3 is 0 Å². The first-order valence-corrected chi connectivity index (χ1v) is 11.0. The topological polar surface area (TPSA) is 54.9 Å². The Balaban J connectivity index is 1.54. The van der Waals surface area contributed by atoms with Gasteiger partial charge in [-0.1, -0.05) is 49.4 Å². The minimum Gasteiger partial charge on any atom is -0.345 e. The van der Waals surface area contributed by atoms with Crippen molar-refractivity contribution in [3.63, 3.8) is 0 Å². The summed E-state index contributed by atoms with van der Waals surface area (Å²) < 4.78 is 13.9. The Hall–Kier alpha value is -3.38. The largest absolute Gasteiger partial charge is 0.345 e. The average molecular weight is 432 g/mol. The molecule has 0 aliphatic heterocycles. The number of hydrogen-bond donors (Lipinski definition) is 1. The predicted molar refractivity (Wildman–Crippen MR) is 121 cm³/mol. The SMILES string of the molecule is CCc1ccc([C@H](NC(=O)Cc2csc(-c3ccccn3)n2)c2cccc(F)c2)cc1. The van der Waals surface area contributed by atoms with E-state index in [2.05, 4.69) is 22.2 Å². The van der Waals surface area contributed by atoms with Crippen molar-refractivity contribution < 1.29 is 9.18 Å². The van der Waals surface area contributed by atoms with Gasteiger partial charge in [0.05, 0.1) is 23.9 Å². The van der Waals surface area contributed by atoms with Crippen LogP contribution >= 0.6 is 11.3 Å². The highest BCUT2D eigenvalue weighted by molar-refractivity contribution is 7.13. The maximum atomic E-state index is 13.9. The molecule has 1 atom stereocenters. The van der Waals surface area contributed by atoms with Crippen LogP contribution in [0.15, 0.2) is 78.3 Å². The van der Waals surface area contributed by atoms with Gasteiger partial charge in [0.15, 0.2) is 0 Å². The summed E-state index contributed by atoms with van der Waals surface area (Å²) in [6, 6.07) is 19.6. The third-order valence-electron chi connectivity index (χ3n) is 4.99. The summed E-state index contributed by atoms with van der Waals surface area (Å²) in [6.07, 6.45) is 2.79. The molecular weight excluding hydrogens is 409 g/mol. The molecule has 2 heterocycles. The average Bonchev–Trinajstić information content (AvgIpc) is 3.26. The number of aryl methyl sites for hydroxylation is 1. The molecule has 0 aliphatic carbocycles. The highest BCUT2D eigenvalue weighted by Crippen LogP contribution is 2.25. The lowest BCUT2D eigenvalue weighted by Crippen LogP contribution is -2.30. The van der Waals surface area contributed by atoms with Crippen LogP contribution < -0.4 is 5.32 Å². The minimum atomic E-state index is -0.442. The Bertz CT molecular complexity index is 1160. The molecule has 2 aromatic carbocycles. The van der Waals surface area contributed by atoms with E-state index in [0.29, 0.717) is 11.3 Å². The first kappa shape index (κ1) is 20.9. The summed E-state index contributed by atoms with van der Waals surface area (Å²) in [5.41, 5.74) is 4.28. The quantitative estimate of drug-likeness (QED) is 0.429. The van der Waals surface area contributed by atoms with Crippen LogP contribution in [0.1, 0.15) is 35.3 Å². The number of carbonyl (C=O) groups is 1. The van der Waals surface area contributed by atoms with Crippen molar-refractivity contribution in [1.29, 1.82) is 0 Å². The van der Waals surface area contributed by atoms with Gasteiger partial charge in [-0.05, 0) is 47.4 Å². The molecular formula is C25H22FN3OS. The van der Waals surface area contributed by atoms with Gasteiger partial charge in [0.25, 0.3) is 0 Å². The summed E-state index contributed by atoms with van der Waals surface area (Å²) >= 11 is 1.46. The van der Waals surface area contributed by atoms with Crippen molar-refractivity contribution in [2.24, 2.45) is 0 Å². The molecule has 0 saturated carbocycles. The molecule has 0 spiro atoms. The normalized spacial score (nSPS) is 11.8. The number of nitrogens with zero attached hydrogens (tertiary/aromatic N) is 2. The maximum absolute atomic E-state index is 13.9. The van der Waals surface area contributed by atoms with Gasteiger partial charge in [-0.3, -0.25) is 9.78 Å². The van der Waals surface area contributed by atoms with Crippen LogP contribution in [0.5, 0.6) is 0 Å². The summed E-state index contributed by atoms with van der Waals surface area (Å²) in [5, 5.41) is 5.71. The molecule has 2 aromatic heterocycles. The summed E-state index contributed by atoms with van der Waals surface area (Å²) in [5.74, 6) is -0.506. The minimum absolute atomic E-state index is 0.141. The van der Waals surface area contributed by atoms with Gasteiger partial charge in [-0.15, -0.1) is 11.3 Å². The van der Waals surface area contributed by atoms with E-state index >= 15 is 0 Å². The number of aromatic nitrogens is 2. The van der Waals surface area contributed by atoms with Crippen molar-refractivity contribution in [2.75, 3.05) is 0 Å². The highest BCUT2D eigenvalue weighted by Gasteiger charge is 2.19. The molecule has 0 saturated heterocycles. The fourth-order valence-corrected chi connectivity index (χ4v) is 4.16. The first-order chi connectivity index (χ1) is 15.1. The monoisotopic (exact) mass is 431 g/mol. The zero-order chi connectivity index (χ0) is 21.6. The number of halogens is 1. The Morgan fingerprint density at radius 1 is 1.06 bits per heavy atom. The second-order valence-electron chi connectivity index (χ2n) is 7.19. The van der Waals surface area contributed by atoms with Gasteiger partial charge in [-0.25, -0.2) is 9.37 Å². The van der Waals surface area contributed by atoms with E-state index in [-0.39, 0.29) is 18.1 Å². The van der Waals surface area contributed by atoms with Crippen molar-refractivity contribution >= 4 is 17.2 Å². The van der Waals surface area contributed by atoms with E-state index in [1.807, 2.05) is 53.9 Å². The Morgan fingerprint density at radius 2 is 1.90 bits per heavy atom. The highest BCUT2D eigenvalue weighted by atomic mass is 32.1. The Morgan fingerprint density at radius 3 is 2.61 bits per heavy atom. The standard InChI is InChI=1S/C25H22FN3OS/c1-2-17-9-11-18(12-10-17)24(19-6-5-7-20(26)14-19)29-23(30)15-21-16-31-25(28-21)22-8-3-4-13-27-22/h3-14,16,24H,2,15H2,1H3,(H,29,30)/t24-/m0/s1. The van der Waals surface area contributed by atoms with Crippen molar-refractivity contribution in [2.45, 2.75) is 25.8 Å². The molecule has 0 unspecified atom stereocenters. The smallest absolute Gasteiger partial charge is 0.226 e. The number of hydrogen-bond acceptors (Lipinski definition) is 4. The second kappa shape index (κ2) is 9.62. The van der Waals surface area contributed by atoms with Crippen LogP contribution in [-0.4, -0.2) is 15.9 Å². The van der Waals surface area contributed by atoms with Crippen LogP contribution in [-0.2, 0) is 17.6 Å². The van der Waals surface area contributed by atoms with Crippen LogP contribution in [0.4, 0.5) is 4.39 Å². The number of pyridine rings is 1. The van der Waals surface area contributed by atoms with Crippen molar-refractivity contribution in [3.8, 4) is 10.7 Å². The molecule has 0 bridgehead atoms. The van der Waals surface area contributed by atoms with E-state index in [0.717, 1.165) is 22.7 Å². The number of thiazole rings is 1. The van der Waals surface area contributed by atoms with E-state index in [1.54, 1.807) is 12.3 Å². The molecule has 0 fully saturated rings. The van der Waals surface area contributed by atoms with Gasteiger partial charge in [0.2, 0.25) is 5.91 Å². The van der Waals surface area contributed by atoms with Crippen LogP contribution in [0, 0.1) is 5.82 Å². The van der Waals surface area contributed by atoms with Gasteiger partial charge in [-0.2, -0.15) is 0 Å². The number of carbonyl (C=O) groups excluding carboxylic acids is 1. The lowest BCUT2D eigenvalue weighted by Gasteiger charge is -2.20. The number of benzene rings is 2. The second-order valence-corrected chi connectivity index (χ2v) is 8.04. The van der Waals surface area contributed by atoms with Gasteiger partial charge < -0.3 is 5.32 Å². The van der Waals surface area contributed by atoms with Crippen molar-refractivity contribution in [3.05, 3.63) is 107 Å². The molecule has 0 aliphatic rings. The van der Waals surface area contributed by atoms with Gasteiger partial charge in [0.1, 0.15) is 10.8 Å². The molecule has 4 aromatic rings. The number of rotatable bonds is 7. The fraction of sp³-hybridized carbons (Fsp3) is 0.160. The number of nitrogens with one attached hydrogen (secondary N) is 1. The zero-order valence-corrected chi connectivity index (χ0v) is 17.9. The van der Waals surface area contributed by atoms with Crippen LogP contribution in [0.2, 0.25) is 0 Å². The Kier molecular flexibility index (Phi) is 6.48. The first-order valence-electron chi connectivity index (χ1n) is 10.1. The summed E-state index contributed by atoms with van der Waals surface area (Å²) in [6.45, 7) is 2.09. The van der Waals surface area contributed by atoms with Gasteiger partial charge in [0, 0.05) is 11.6 Å². The molecule has 0 radical (unpaired) electrons. The molecule has 4 rings (SSSR count). The zero-order valence-electron chi connectivity index (χ0n) is 17.1. The fourth-order valence-electron chi connectivity index (χ4n) is 3.36. The van der Waals surface area contributed by atoms with Crippen LogP contribution in [0.3, 0.4) is 0 Å². The van der Waals surface area contributed by atoms with Crippen LogP contribution in [0.25, 0.3) is 10.7 Å². The summed E-state index contributed by atoms with van der Waals surface area (Å²) in [4.78, 5) is 21.7. The molecule has 1 amide bonds. The molecule has 1 N–H and O–H groups in total. The lowest BCUT2D eigenvalue weighted by molar-refractivity contribution is -0.121. The van der Waals surface area contributed by atoms with E-state index in [4.69, 9.17) is 0 Å². The Labute approximate surface area is 184 Å². The van der Waals surface area contributed by atoms with E-state index in [1.165, 1.54) is 29.0 Å². The predicted octanol–water partition coefficient (Wildman–Crippen LogP) is 5.35. The third kappa shape index (κ3) is 5.22.